The third kappa shape index (κ3) is 4.65. The van der Waals surface area contributed by atoms with Gasteiger partial charge in [-0.1, -0.05) is 25.7 Å². The molecule has 0 N–H and O–H groups in total. The molecule has 1 aliphatic carbocycles. The average Bonchev–Trinajstić information content (AvgIpc) is 2.63. The molecule has 1 saturated heterocycles. The van der Waals surface area contributed by atoms with Crippen LogP contribution in [0.3, 0.4) is 0 Å². The van der Waals surface area contributed by atoms with Crippen LogP contribution in [0.4, 0.5) is 0 Å². The topological polar surface area (TPSA) is 54.5 Å². The van der Waals surface area contributed by atoms with Crippen LogP contribution in [0.5, 0.6) is 0 Å². The van der Waals surface area contributed by atoms with Gasteiger partial charge < -0.3 is 4.90 Å². The molecule has 0 aromatic rings. The second-order valence-corrected chi connectivity index (χ2v) is 9.50. The molecule has 0 aromatic heterocycles. The molecule has 1 heterocycles. The Balaban J connectivity index is 1.76. The Bertz CT molecular complexity index is 428. The van der Waals surface area contributed by atoms with Crippen molar-refractivity contribution in [1.29, 1.82) is 0 Å². The zero-order valence-corrected chi connectivity index (χ0v) is 13.8. The highest BCUT2D eigenvalue weighted by atomic mass is 32.2. The maximum Gasteiger partial charge on any atom is 0.232 e. The number of thioether (sulfide) groups is 1. The van der Waals surface area contributed by atoms with Gasteiger partial charge in [0.2, 0.25) is 5.91 Å². The van der Waals surface area contributed by atoms with E-state index in [1.165, 1.54) is 37.4 Å². The predicted molar refractivity (Wildman–Crippen MR) is 83.8 cm³/mol. The van der Waals surface area contributed by atoms with Gasteiger partial charge in [0.05, 0.1) is 17.3 Å². The Morgan fingerprint density at radius 2 is 1.80 bits per heavy atom. The van der Waals surface area contributed by atoms with Crippen molar-refractivity contribution in [2.75, 3.05) is 24.3 Å². The molecular formula is C14H25NO3S2. The normalized spacial score (nSPS) is 27.1. The molecule has 0 radical (unpaired) electrons. The van der Waals surface area contributed by atoms with Crippen molar-refractivity contribution < 1.29 is 13.2 Å². The number of nitrogens with zero attached hydrogens (tertiary/aromatic N) is 1. The van der Waals surface area contributed by atoms with Gasteiger partial charge in [-0.05, 0) is 19.3 Å². The highest BCUT2D eigenvalue weighted by molar-refractivity contribution is 8.02. The number of sulfone groups is 1. The van der Waals surface area contributed by atoms with Crippen LogP contribution in [0.1, 0.15) is 44.9 Å². The smallest absolute Gasteiger partial charge is 0.232 e. The van der Waals surface area contributed by atoms with E-state index in [1.807, 2.05) is 11.9 Å². The molecule has 2 aliphatic rings. The van der Waals surface area contributed by atoms with Gasteiger partial charge in [-0.25, -0.2) is 8.42 Å². The van der Waals surface area contributed by atoms with Crippen LogP contribution >= 0.6 is 11.8 Å². The van der Waals surface area contributed by atoms with Gasteiger partial charge in [0.1, 0.15) is 0 Å². The highest BCUT2D eigenvalue weighted by Gasteiger charge is 2.29. The SMILES string of the molecule is CN(C(=O)CSC1CCS(=O)(=O)C1)C1CCCCCC1. The van der Waals surface area contributed by atoms with E-state index < -0.39 is 9.84 Å². The molecule has 2 rings (SSSR count). The number of amides is 1. The summed E-state index contributed by atoms with van der Waals surface area (Å²) < 4.78 is 22.8. The van der Waals surface area contributed by atoms with E-state index in [0.717, 1.165) is 12.8 Å². The van der Waals surface area contributed by atoms with Crippen LogP contribution in [-0.2, 0) is 14.6 Å². The minimum Gasteiger partial charge on any atom is -0.342 e. The zero-order valence-electron chi connectivity index (χ0n) is 12.2. The van der Waals surface area contributed by atoms with Gasteiger partial charge in [-0.2, -0.15) is 0 Å². The van der Waals surface area contributed by atoms with Crippen LogP contribution < -0.4 is 0 Å². The Hall–Kier alpha value is -0.230. The van der Waals surface area contributed by atoms with E-state index in [9.17, 15) is 13.2 Å². The molecule has 0 spiro atoms. The summed E-state index contributed by atoms with van der Waals surface area (Å²) in [5.41, 5.74) is 0. The number of carbonyl (C=O) groups excluding carboxylic acids is 1. The largest absolute Gasteiger partial charge is 0.342 e. The molecule has 4 nitrogen and oxygen atoms in total. The van der Waals surface area contributed by atoms with Crippen molar-refractivity contribution in [3.05, 3.63) is 0 Å². The van der Waals surface area contributed by atoms with Gasteiger partial charge in [-0.15, -0.1) is 11.8 Å². The molecule has 2 fully saturated rings. The van der Waals surface area contributed by atoms with Crippen LogP contribution in [0.2, 0.25) is 0 Å². The quantitative estimate of drug-likeness (QED) is 0.745. The minimum absolute atomic E-state index is 0.117. The maximum atomic E-state index is 12.2. The molecular weight excluding hydrogens is 294 g/mol. The molecule has 1 aliphatic heterocycles. The molecule has 0 aromatic carbocycles. The van der Waals surface area contributed by atoms with Gasteiger partial charge in [0.25, 0.3) is 0 Å². The van der Waals surface area contributed by atoms with Gasteiger partial charge in [0, 0.05) is 18.3 Å². The minimum atomic E-state index is -2.83. The first-order chi connectivity index (χ1) is 9.48. The summed E-state index contributed by atoms with van der Waals surface area (Å²) >= 11 is 1.52. The van der Waals surface area contributed by atoms with E-state index in [-0.39, 0.29) is 22.7 Å². The van der Waals surface area contributed by atoms with Crippen LogP contribution in [0.25, 0.3) is 0 Å². The summed E-state index contributed by atoms with van der Waals surface area (Å²) in [7, 11) is -0.928. The number of rotatable bonds is 4. The molecule has 6 heteroatoms. The fourth-order valence-electron chi connectivity index (χ4n) is 3.03. The highest BCUT2D eigenvalue weighted by Crippen LogP contribution is 2.26. The third-order valence-corrected chi connectivity index (χ3v) is 7.67. The summed E-state index contributed by atoms with van der Waals surface area (Å²) in [6.45, 7) is 0. The summed E-state index contributed by atoms with van der Waals surface area (Å²) in [5.74, 6) is 1.12. The second kappa shape index (κ2) is 7.16. The Morgan fingerprint density at radius 1 is 1.15 bits per heavy atom. The first-order valence-corrected chi connectivity index (χ1v) is 10.4. The molecule has 0 bridgehead atoms. The van der Waals surface area contributed by atoms with Crippen LogP contribution in [-0.4, -0.2) is 54.8 Å². The standard InChI is InChI=1S/C14H25NO3S2/c1-15(12-6-4-2-3-5-7-12)14(16)10-19-13-8-9-20(17,18)11-13/h12-13H,2-11H2,1H3. The molecule has 1 saturated carbocycles. The van der Waals surface area contributed by atoms with Crippen molar-refractivity contribution in [3.8, 4) is 0 Å². The molecule has 1 atom stereocenters. The zero-order chi connectivity index (χ0) is 14.6. The summed E-state index contributed by atoms with van der Waals surface area (Å²) in [4.78, 5) is 14.1. The van der Waals surface area contributed by atoms with E-state index in [1.54, 1.807) is 0 Å². The molecule has 1 amide bonds. The fourth-order valence-corrected chi connectivity index (χ4v) is 6.60. The Kier molecular flexibility index (Phi) is 5.78. The van der Waals surface area contributed by atoms with E-state index in [0.29, 0.717) is 18.2 Å². The summed E-state index contributed by atoms with van der Waals surface area (Å²) in [6.07, 6.45) is 7.94. The van der Waals surface area contributed by atoms with Crippen LogP contribution in [0, 0.1) is 0 Å². The molecule has 116 valence electrons. The Labute approximate surface area is 126 Å². The van der Waals surface area contributed by atoms with Crippen LogP contribution in [0.15, 0.2) is 0 Å². The van der Waals surface area contributed by atoms with Gasteiger partial charge in [0.15, 0.2) is 9.84 Å². The summed E-state index contributed by atoms with van der Waals surface area (Å²) in [6, 6.07) is 0.387. The van der Waals surface area contributed by atoms with Crippen molar-refractivity contribution in [2.45, 2.75) is 56.2 Å². The lowest BCUT2D eigenvalue weighted by molar-refractivity contribution is -0.129. The van der Waals surface area contributed by atoms with E-state index >= 15 is 0 Å². The second-order valence-electron chi connectivity index (χ2n) is 5.99. The molecule has 1 unspecified atom stereocenters. The monoisotopic (exact) mass is 319 g/mol. The van der Waals surface area contributed by atoms with E-state index in [2.05, 4.69) is 0 Å². The van der Waals surface area contributed by atoms with Gasteiger partial charge >= 0.3 is 0 Å². The third-order valence-electron chi connectivity index (χ3n) is 4.40. The van der Waals surface area contributed by atoms with Crippen molar-refractivity contribution in [1.82, 2.24) is 4.90 Å². The average molecular weight is 319 g/mol. The van der Waals surface area contributed by atoms with Gasteiger partial charge in [-0.3, -0.25) is 4.79 Å². The van der Waals surface area contributed by atoms with Crippen molar-refractivity contribution in [2.24, 2.45) is 0 Å². The first-order valence-electron chi connectivity index (χ1n) is 7.55. The van der Waals surface area contributed by atoms with Crippen molar-refractivity contribution in [3.63, 3.8) is 0 Å². The first kappa shape index (κ1) is 16.1. The lowest BCUT2D eigenvalue weighted by Crippen LogP contribution is -2.38. The number of hydrogen-bond donors (Lipinski definition) is 0. The number of hydrogen-bond acceptors (Lipinski definition) is 4. The molecule has 20 heavy (non-hydrogen) atoms. The fraction of sp³-hybridized carbons (Fsp3) is 0.929. The summed E-state index contributed by atoms with van der Waals surface area (Å²) in [5, 5.41) is 0.117. The van der Waals surface area contributed by atoms with E-state index in [4.69, 9.17) is 0 Å². The Morgan fingerprint density at radius 3 is 2.35 bits per heavy atom. The lowest BCUT2D eigenvalue weighted by atomic mass is 10.1. The van der Waals surface area contributed by atoms with Crippen molar-refractivity contribution >= 4 is 27.5 Å². The lowest BCUT2D eigenvalue weighted by Gasteiger charge is -2.27. The maximum absolute atomic E-state index is 12.2. The predicted octanol–water partition coefficient (Wildman–Crippen LogP) is 2.09. The number of carbonyl (C=O) groups is 1.